The predicted octanol–water partition coefficient (Wildman–Crippen LogP) is 2.48. The number of hydrogen-bond donors (Lipinski definition) is 1. The highest BCUT2D eigenvalue weighted by Crippen LogP contribution is 2.30. The second kappa shape index (κ2) is 5.21. The van der Waals surface area contributed by atoms with E-state index in [0.29, 0.717) is 0 Å². The van der Waals surface area contributed by atoms with Crippen molar-refractivity contribution >= 4 is 15.9 Å². The van der Waals surface area contributed by atoms with E-state index >= 15 is 0 Å². The molecular formula is C13H18BrN3. The standard InChI is InChI=1S/C13H18BrN3/c1-16(2)8-10-4-6-11(7-5-10)13-12(14)9-17(3)15-13/h4-7,9,13,15H,8H2,1-3H3. The van der Waals surface area contributed by atoms with E-state index in [9.17, 15) is 0 Å². The van der Waals surface area contributed by atoms with E-state index in [2.05, 4.69) is 70.8 Å². The first-order chi connectivity index (χ1) is 8.06. The van der Waals surface area contributed by atoms with Crippen LogP contribution in [0.5, 0.6) is 0 Å². The van der Waals surface area contributed by atoms with Gasteiger partial charge in [-0.2, -0.15) is 0 Å². The third-order valence-electron chi connectivity index (χ3n) is 2.74. The van der Waals surface area contributed by atoms with Gasteiger partial charge in [-0.1, -0.05) is 40.2 Å². The zero-order chi connectivity index (χ0) is 12.4. The highest BCUT2D eigenvalue weighted by molar-refractivity contribution is 9.11. The highest BCUT2D eigenvalue weighted by Gasteiger charge is 2.21. The smallest absolute Gasteiger partial charge is 0.0841 e. The number of hydrazine groups is 1. The van der Waals surface area contributed by atoms with Gasteiger partial charge in [0.25, 0.3) is 0 Å². The molecule has 4 heteroatoms. The van der Waals surface area contributed by atoms with Crippen LogP contribution in [0.2, 0.25) is 0 Å². The number of rotatable bonds is 3. The maximum absolute atomic E-state index is 3.59. The Kier molecular flexibility index (Phi) is 3.86. The van der Waals surface area contributed by atoms with Crippen molar-refractivity contribution in [2.45, 2.75) is 12.6 Å². The lowest BCUT2D eigenvalue weighted by Gasteiger charge is -2.16. The Balaban J connectivity index is 2.11. The lowest BCUT2D eigenvalue weighted by molar-refractivity contribution is 0.333. The van der Waals surface area contributed by atoms with Crippen LogP contribution >= 0.6 is 15.9 Å². The zero-order valence-corrected chi connectivity index (χ0v) is 12.0. The molecule has 0 radical (unpaired) electrons. The molecule has 1 aromatic carbocycles. The average molecular weight is 296 g/mol. The molecule has 1 atom stereocenters. The molecule has 0 saturated heterocycles. The molecule has 0 aromatic heterocycles. The molecule has 1 aliphatic rings. The molecular weight excluding hydrogens is 278 g/mol. The summed E-state index contributed by atoms with van der Waals surface area (Å²) in [7, 11) is 6.17. The van der Waals surface area contributed by atoms with E-state index < -0.39 is 0 Å². The number of benzene rings is 1. The van der Waals surface area contributed by atoms with Crippen molar-refractivity contribution in [1.29, 1.82) is 0 Å². The fraction of sp³-hybridized carbons (Fsp3) is 0.385. The van der Waals surface area contributed by atoms with Gasteiger partial charge < -0.3 is 9.91 Å². The summed E-state index contributed by atoms with van der Waals surface area (Å²) in [5.74, 6) is 0. The molecule has 0 fully saturated rings. The molecule has 92 valence electrons. The molecule has 1 unspecified atom stereocenters. The third kappa shape index (κ3) is 3.09. The van der Waals surface area contributed by atoms with Crippen LogP contribution in [0.1, 0.15) is 17.2 Å². The van der Waals surface area contributed by atoms with Gasteiger partial charge in [-0.05, 0) is 25.2 Å². The maximum atomic E-state index is 3.59. The molecule has 1 heterocycles. The van der Waals surface area contributed by atoms with E-state index in [-0.39, 0.29) is 6.04 Å². The van der Waals surface area contributed by atoms with Crippen molar-refractivity contribution in [3.63, 3.8) is 0 Å². The lowest BCUT2D eigenvalue weighted by Crippen LogP contribution is -2.27. The summed E-state index contributed by atoms with van der Waals surface area (Å²) in [6.45, 7) is 0.981. The fourth-order valence-corrected chi connectivity index (χ4v) is 2.65. The average Bonchev–Trinajstić information content (AvgIpc) is 2.58. The van der Waals surface area contributed by atoms with Crippen molar-refractivity contribution < 1.29 is 0 Å². The molecule has 17 heavy (non-hydrogen) atoms. The van der Waals surface area contributed by atoms with Crippen LogP contribution in [-0.2, 0) is 6.54 Å². The minimum absolute atomic E-state index is 0.244. The van der Waals surface area contributed by atoms with Gasteiger partial charge in [0.2, 0.25) is 0 Å². The van der Waals surface area contributed by atoms with Crippen molar-refractivity contribution in [3.8, 4) is 0 Å². The normalized spacial score (nSPS) is 19.9. The first kappa shape index (κ1) is 12.6. The first-order valence-electron chi connectivity index (χ1n) is 5.66. The van der Waals surface area contributed by atoms with Gasteiger partial charge in [0.1, 0.15) is 0 Å². The topological polar surface area (TPSA) is 18.5 Å². The zero-order valence-electron chi connectivity index (χ0n) is 10.4. The van der Waals surface area contributed by atoms with Crippen molar-refractivity contribution in [2.75, 3.05) is 21.1 Å². The molecule has 0 aliphatic carbocycles. The number of hydrogen-bond acceptors (Lipinski definition) is 3. The van der Waals surface area contributed by atoms with Crippen LogP contribution in [0.15, 0.2) is 34.9 Å². The molecule has 0 amide bonds. The molecule has 3 nitrogen and oxygen atoms in total. The van der Waals surface area contributed by atoms with Gasteiger partial charge in [0.15, 0.2) is 0 Å². The quantitative estimate of drug-likeness (QED) is 0.924. The molecule has 1 aliphatic heterocycles. The van der Waals surface area contributed by atoms with E-state index in [1.807, 2.05) is 12.1 Å². The Labute approximate surface area is 111 Å². The Morgan fingerprint density at radius 1 is 1.29 bits per heavy atom. The van der Waals surface area contributed by atoms with Gasteiger partial charge in [-0.15, -0.1) is 0 Å². The van der Waals surface area contributed by atoms with Crippen LogP contribution in [0.3, 0.4) is 0 Å². The Morgan fingerprint density at radius 2 is 1.94 bits per heavy atom. The Hall–Kier alpha value is -0.840. The summed E-state index contributed by atoms with van der Waals surface area (Å²) in [6, 6.07) is 8.99. The lowest BCUT2D eigenvalue weighted by atomic mass is 10.1. The summed E-state index contributed by atoms with van der Waals surface area (Å²) in [4.78, 5) is 2.17. The van der Waals surface area contributed by atoms with Gasteiger partial charge >= 0.3 is 0 Å². The van der Waals surface area contributed by atoms with E-state index in [4.69, 9.17) is 0 Å². The van der Waals surface area contributed by atoms with Gasteiger partial charge in [0.05, 0.1) is 6.04 Å². The summed E-state index contributed by atoms with van der Waals surface area (Å²) >= 11 is 3.59. The second-order valence-electron chi connectivity index (χ2n) is 4.67. The van der Waals surface area contributed by atoms with Crippen molar-refractivity contribution in [2.24, 2.45) is 0 Å². The number of nitrogens with zero attached hydrogens (tertiary/aromatic N) is 2. The van der Waals surface area contributed by atoms with Gasteiger partial charge in [-0.25, -0.2) is 5.43 Å². The molecule has 0 spiro atoms. The van der Waals surface area contributed by atoms with Gasteiger partial charge in [0, 0.05) is 24.3 Å². The summed E-state index contributed by atoms with van der Waals surface area (Å²) in [6.07, 6.45) is 2.05. The molecule has 2 rings (SSSR count). The van der Waals surface area contributed by atoms with Crippen LogP contribution in [0.25, 0.3) is 0 Å². The summed E-state index contributed by atoms with van der Waals surface area (Å²) in [5.41, 5.74) is 5.98. The molecule has 0 saturated carbocycles. The maximum Gasteiger partial charge on any atom is 0.0841 e. The molecule has 1 aromatic rings. The van der Waals surface area contributed by atoms with Crippen LogP contribution in [0.4, 0.5) is 0 Å². The Morgan fingerprint density at radius 3 is 2.41 bits per heavy atom. The molecule has 0 bridgehead atoms. The summed E-state index contributed by atoms with van der Waals surface area (Å²) < 4.78 is 1.17. The van der Waals surface area contributed by atoms with Gasteiger partial charge in [-0.3, -0.25) is 0 Å². The van der Waals surface area contributed by atoms with E-state index in [1.54, 1.807) is 0 Å². The van der Waals surface area contributed by atoms with E-state index in [1.165, 1.54) is 15.6 Å². The third-order valence-corrected chi connectivity index (χ3v) is 3.40. The van der Waals surface area contributed by atoms with Crippen molar-refractivity contribution in [3.05, 3.63) is 46.1 Å². The first-order valence-corrected chi connectivity index (χ1v) is 6.45. The van der Waals surface area contributed by atoms with Crippen LogP contribution in [-0.4, -0.2) is 31.1 Å². The largest absolute Gasteiger partial charge is 0.317 e. The van der Waals surface area contributed by atoms with E-state index in [0.717, 1.165) is 6.54 Å². The van der Waals surface area contributed by atoms with Crippen LogP contribution < -0.4 is 5.43 Å². The molecule has 1 N–H and O–H groups in total. The SMILES string of the molecule is CN(C)Cc1ccc(C2NN(C)C=C2Br)cc1. The van der Waals surface area contributed by atoms with Crippen molar-refractivity contribution in [1.82, 2.24) is 15.3 Å². The minimum Gasteiger partial charge on any atom is -0.317 e. The Bertz CT molecular complexity index is 411. The second-order valence-corrected chi connectivity index (χ2v) is 5.58. The summed E-state index contributed by atoms with van der Waals surface area (Å²) in [5, 5.41) is 1.97. The monoisotopic (exact) mass is 295 g/mol. The minimum atomic E-state index is 0.244. The number of nitrogens with one attached hydrogen (secondary N) is 1. The van der Waals surface area contributed by atoms with Crippen LogP contribution in [0, 0.1) is 0 Å². The number of halogens is 1. The predicted molar refractivity (Wildman–Crippen MR) is 74.5 cm³/mol. The highest BCUT2D eigenvalue weighted by atomic mass is 79.9. The fourth-order valence-electron chi connectivity index (χ4n) is 1.98.